The van der Waals surface area contributed by atoms with Gasteiger partial charge in [-0.3, -0.25) is 0 Å². The number of hydrogen-bond donors (Lipinski definition) is 2. The summed E-state index contributed by atoms with van der Waals surface area (Å²) in [5.41, 5.74) is 2.03. The number of thiazole rings is 1. The minimum atomic E-state index is -0.188. The topological polar surface area (TPSA) is 52.6 Å². The van der Waals surface area contributed by atoms with E-state index >= 15 is 0 Å². The van der Waals surface area contributed by atoms with Crippen LogP contribution in [0.4, 0.5) is 10.1 Å². The highest BCUT2D eigenvalue weighted by molar-refractivity contribution is 7.11. The quantitative estimate of drug-likeness (QED) is 0.606. The van der Waals surface area contributed by atoms with Gasteiger partial charge in [0.1, 0.15) is 10.8 Å². The first-order valence-corrected chi connectivity index (χ1v) is 10.3. The van der Waals surface area contributed by atoms with E-state index in [1.54, 1.807) is 23.5 Å². The van der Waals surface area contributed by atoms with Crippen LogP contribution in [0.25, 0.3) is 0 Å². The fourth-order valence-corrected chi connectivity index (χ4v) is 4.13. The molecule has 27 heavy (non-hydrogen) atoms. The molecule has 1 saturated heterocycles. The Bertz CT molecular complexity index is 769. The summed E-state index contributed by atoms with van der Waals surface area (Å²) < 4.78 is 13.5. The molecule has 1 unspecified atom stereocenters. The van der Waals surface area contributed by atoms with Crippen LogP contribution in [-0.2, 0) is 6.54 Å². The normalized spacial score (nSPS) is 17.9. The number of benzene rings is 1. The van der Waals surface area contributed by atoms with Gasteiger partial charge in [-0.1, -0.05) is 6.07 Å². The van der Waals surface area contributed by atoms with E-state index in [9.17, 15) is 4.39 Å². The first kappa shape index (κ1) is 19.6. The monoisotopic (exact) mass is 389 g/mol. The zero-order chi connectivity index (χ0) is 19.2. The molecule has 1 aromatic carbocycles. The first-order valence-electron chi connectivity index (χ1n) is 9.53. The van der Waals surface area contributed by atoms with E-state index in [2.05, 4.69) is 34.4 Å². The fraction of sp³-hybridized carbons (Fsp3) is 0.500. The molecule has 0 saturated carbocycles. The zero-order valence-corrected chi connectivity index (χ0v) is 17.1. The summed E-state index contributed by atoms with van der Waals surface area (Å²) in [6.45, 7) is 9.36. The van der Waals surface area contributed by atoms with Gasteiger partial charge in [-0.05, 0) is 51.8 Å². The number of nitrogens with one attached hydrogen (secondary N) is 2. The van der Waals surface area contributed by atoms with Crippen LogP contribution in [0.1, 0.15) is 35.3 Å². The molecule has 0 aliphatic carbocycles. The van der Waals surface area contributed by atoms with Crippen molar-refractivity contribution in [2.24, 2.45) is 4.99 Å². The molecule has 2 heterocycles. The van der Waals surface area contributed by atoms with E-state index in [0.29, 0.717) is 6.54 Å². The van der Waals surface area contributed by atoms with E-state index in [1.165, 1.54) is 10.9 Å². The Morgan fingerprint density at radius 3 is 2.96 bits per heavy atom. The highest BCUT2D eigenvalue weighted by Crippen LogP contribution is 2.21. The van der Waals surface area contributed by atoms with Crippen molar-refractivity contribution in [3.05, 3.63) is 45.7 Å². The van der Waals surface area contributed by atoms with Gasteiger partial charge in [-0.25, -0.2) is 14.4 Å². The van der Waals surface area contributed by atoms with Gasteiger partial charge in [0.25, 0.3) is 0 Å². The summed E-state index contributed by atoms with van der Waals surface area (Å²) in [4.78, 5) is 12.8. The van der Waals surface area contributed by atoms with E-state index in [-0.39, 0.29) is 11.9 Å². The van der Waals surface area contributed by atoms with Gasteiger partial charge >= 0.3 is 0 Å². The maximum Gasteiger partial charge on any atom is 0.191 e. The molecule has 2 aromatic rings. The molecule has 0 spiro atoms. The zero-order valence-electron chi connectivity index (χ0n) is 16.3. The van der Waals surface area contributed by atoms with Crippen molar-refractivity contribution >= 4 is 23.0 Å². The third-order valence-corrected chi connectivity index (χ3v) is 5.78. The lowest BCUT2D eigenvalue weighted by molar-refractivity contribution is 0.467. The maximum absolute atomic E-state index is 13.5. The third-order valence-electron chi connectivity index (χ3n) is 4.73. The summed E-state index contributed by atoms with van der Waals surface area (Å²) >= 11 is 1.70. The molecule has 1 fully saturated rings. The number of guanidine groups is 1. The minimum absolute atomic E-state index is 0.188. The minimum Gasteiger partial charge on any atom is -0.369 e. The third kappa shape index (κ3) is 5.42. The Hall–Kier alpha value is -2.15. The van der Waals surface area contributed by atoms with Gasteiger partial charge in [-0.2, -0.15) is 0 Å². The highest BCUT2D eigenvalue weighted by atomic mass is 32.1. The van der Waals surface area contributed by atoms with Crippen LogP contribution in [-0.4, -0.2) is 36.6 Å². The second kappa shape index (κ2) is 9.17. The molecule has 146 valence electrons. The molecule has 7 heteroatoms. The molecule has 0 radical (unpaired) electrons. The summed E-state index contributed by atoms with van der Waals surface area (Å²) in [5.74, 6) is 0.626. The van der Waals surface area contributed by atoms with Crippen molar-refractivity contribution in [3.8, 4) is 0 Å². The standard InChI is InChI=1S/C20H28FN5S/c1-4-22-20(23-12-19-24-14(2)15(3)27-19)25-17-8-6-10-26(13-17)18-9-5-7-16(21)11-18/h5,7,9,11,17H,4,6,8,10,12-13H2,1-3H3,(H2,22,23,25). The first-order chi connectivity index (χ1) is 13.0. The second-order valence-corrected chi connectivity index (χ2v) is 8.14. The smallest absolute Gasteiger partial charge is 0.191 e. The Morgan fingerprint density at radius 1 is 1.41 bits per heavy atom. The average molecular weight is 390 g/mol. The van der Waals surface area contributed by atoms with Crippen LogP contribution >= 0.6 is 11.3 Å². The number of aliphatic imine (C=N–C) groups is 1. The van der Waals surface area contributed by atoms with Crippen LogP contribution in [0.15, 0.2) is 29.3 Å². The lowest BCUT2D eigenvalue weighted by atomic mass is 10.0. The van der Waals surface area contributed by atoms with Crippen molar-refractivity contribution in [1.29, 1.82) is 0 Å². The van der Waals surface area contributed by atoms with Crippen molar-refractivity contribution < 1.29 is 4.39 Å². The number of aromatic nitrogens is 1. The largest absolute Gasteiger partial charge is 0.369 e. The van der Waals surface area contributed by atoms with Gasteiger partial charge in [-0.15, -0.1) is 11.3 Å². The molecule has 5 nitrogen and oxygen atoms in total. The van der Waals surface area contributed by atoms with E-state index < -0.39 is 0 Å². The lowest BCUT2D eigenvalue weighted by Crippen LogP contribution is -2.51. The summed E-state index contributed by atoms with van der Waals surface area (Å²) in [5, 5.41) is 7.90. The van der Waals surface area contributed by atoms with Crippen molar-refractivity contribution in [2.45, 2.75) is 46.2 Å². The number of nitrogens with zero attached hydrogens (tertiary/aromatic N) is 3. The molecular weight excluding hydrogens is 361 g/mol. The van der Waals surface area contributed by atoms with E-state index in [1.807, 2.05) is 13.0 Å². The molecule has 1 aliphatic heterocycles. The van der Waals surface area contributed by atoms with Crippen LogP contribution in [0.2, 0.25) is 0 Å². The molecule has 1 atom stereocenters. The van der Waals surface area contributed by atoms with Gasteiger partial charge in [0.2, 0.25) is 0 Å². The number of hydrogen-bond acceptors (Lipinski definition) is 4. The fourth-order valence-electron chi connectivity index (χ4n) is 3.27. The van der Waals surface area contributed by atoms with Gasteiger partial charge in [0, 0.05) is 36.2 Å². The van der Waals surface area contributed by atoms with E-state index in [4.69, 9.17) is 4.99 Å². The van der Waals surface area contributed by atoms with Crippen LogP contribution in [0.5, 0.6) is 0 Å². The summed E-state index contributed by atoms with van der Waals surface area (Å²) in [6.07, 6.45) is 2.14. The van der Waals surface area contributed by atoms with Crippen LogP contribution in [0.3, 0.4) is 0 Å². The predicted octanol–water partition coefficient (Wildman–Crippen LogP) is 3.62. The Kier molecular flexibility index (Phi) is 6.66. The molecule has 3 rings (SSSR count). The van der Waals surface area contributed by atoms with E-state index in [0.717, 1.165) is 54.8 Å². The highest BCUT2D eigenvalue weighted by Gasteiger charge is 2.21. The summed E-state index contributed by atoms with van der Waals surface area (Å²) in [6, 6.07) is 7.11. The molecular formula is C20H28FN5S. The van der Waals surface area contributed by atoms with Gasteiger partial charge < -0.3 is 15.5 Å². The van der Waals surface area contributed by atoms with Gasteiger partial charge in [0.05, 0.1) is 12.2 Å². The van der Waals surface area contributed by atoms with Crippen molar-refractivity contribution in [2.75, 3.05) is 24.5 Å². The van der Waals surface area contributed by atoms with Crippen LogP contribution < -0.4 is 15.5 Å². The SMILES string of the molecule is CCNC(=NCc1nc(C)c(C)s1)NC1CCCN(c2cccc(F)c2)C1. The molecule has 0 amide bonds. The summed E-state index contributed by atoms with van der Waals surface area (Å²) in [7, 11) is 0. The van der Waals surface area contributed by atoms with Crippen LogP contribution in [0, 0.1) is 19.7 Å². The predicted molar refractivity (Wildman–Crippen MR) is 111 cm³/mol. The maximum atomic E-state index is 13.5. The number of rotatable bonds is 5. The van der Waals surface area contributed by atoms with Gasteiger partial charge in [0.15, 0.2) is 5.96 Å². The number of anilines is 1. The second-order valence-electron chi connectivity index (χ2n) is 6.85. The Balaban J connectivity index is 1.63. The van der Waals surface area contributed by atoms with Crippen molar-refractivity contribution in [3.63, 3.8) is 0 Å². The Morgan fingerprint density at radius 2 is 2.26 bits per heavy atom. The molecule has 2 N–H and O–H groups in total. The Labute approximate surface area is 164 Å². The van der Waals surface area contributed by atoms with Crippen molar-refractivity contribution in [1.82, 2.24) is 15.6 Å². The molecule has 0 bridgehead atoms. The number of aryl methyl sites for hydroxylation is 2. The average Bonchev–Trinajstić information content (AvgIpc) is 2.98. The number of halogens is 1. The molecule has 1 aromatic heterocycles. The lowest BCUT2D eigenvalue weighted by Gasteiger charge is -2.35. The molecule has 1 aliphatic rings. The number of piperidine rings is 1.